The van der Waals surface area contributed by atoms with E-state index in [-0.39, 0.29) is 0 Å². The van der Waals surface area contributed by atoms with E-state index in [9.17, 15) is 17.7 Å². The van der Waals surface area contributed by atoms with E-state index < -0.39 is 24.7 Å². The lowest BCUT2D eigenvalue weighted by Gasteiger charge is -2.21. The molecule has 0 radical (unpaired) electrons. The van der Waals surface area contributed by atoms with Gasteiger partial charge in [0.25, 0.3) is 0 Å². The molecule has 2 unspecified atom stereocenters. The van der Waals surface area contributed by atoms with Crippen LogP contribution in [0.1, 0.15) is 6.92 Å². The molecule has 2 N–H and O–H groups in total. The quantitative estimate of drug-likeness (QED) is 0.495. The Morgan fingerprint density at radius 1 is 1.45 bits per heavy atom. The fraction of sp³-hybridized carbons (Fsp3) is 1.00. The molecule has 2 nitrogen and oxygen atoms in total. The van der Waals surface area contributed by atoms with Gasteiger partial charge in [-0.1, -0.05) is 6.92 Å². The van der Waals surface area contributed by atoms with Crippen molar-refractivity contribution in [1.29, 1.82) is 0 Å². The SMILES string of the molecule is CC(C(CO)NF)C(F)(F)F. The van der Waals surface area contributed by atoms with Gasteiger partial charge in [-0.2, -0.15) is 18.7 Å². The van der Waals surface area contributed by atoms with Gasteiger partial charge in [0, 0.05) is 0 Å². The Kier molecular flexibility index (Phi) is 3.74. The van der Waals surface area contributed by atoms with Crippen molar-refractivity contribution in [3.8, 4) is 0 Å². The third-order valence-electron chi connectivity index (χ3n) is 1.46. The monoisotopic (exact) mass is 175 g/mol. The Hall–Kier alpha value is -0.360. The first-order valence-electron chi connectivity index (χ1n) is 2.97. The topological polar surface area (TPSA) is 32.3 Å². The van der Waals surface area contributed by atoms with Gasteiger partial charge in [-0.15, -0.1) is 4.48 Å². The molecule has 0 saturated carbocycles. The smallest absolute Gasteiger partial charge is 0.393 e. The maximum Gasteiger partial charge on any atom is 0.393 e. The molecule has 0 spiro atoms. The maximum atomic E-state index is 11.8. The Morgan fingerprint density at radius 2 is 1.91 bits per heavy atom. The van der Waals surface area contributed by atoms with Crippen LogP contribution in [-0.4, -0.2) is 23.9 Å². The molecule has 0 rings (SSSR count). The summed E-state index contributed by atoms with van der Waals surface area (Å²) in [5.74, 6) is -1.89. The van der Waals surface area contributed by atoms with Crippen LogP contribution in [0.15, 0.2) is 0 Å². The van der Waals surface area contributed by atoms with Gasteiger partial charge in [0.05, 0.1) is 18.6 Å². The second-order valence-corrected chi connectivity index (χ2v) is 2.23. The Labute approximate surface area is 61.1 Å². The summed E-state index contributed by atoms with van der Waals surface area (Å²) in [5.41, 5.74) is 0.888. The minimum absolute atomic E-state index is 0.799. The average molecular weight is 175 g/mol. The van der Waals surface area contributed by atoms with Gasteiger partial charge in [-0.25, -0.2) is 0 Å². The normalized spacial score (nSPS) is 18.0. The molecule has 0 bridgehead atoms. The zero-order valence-electron chi connectivity index (χ0n) is 5.82. The van der Waals surface area contributed by atoms with Gasteiger partial charge in [-0.05, 0) is 0 Å². The van der Waals surface area contributed by atoms with E-state index in [2.05, 4.69) is 0 Å². The summed E-state index contributed by atoms with van der Waals surface area (Å²) < 4.78 is 46.8. The number of aliphatic hydroxyl groups is 1. The van der Waals surface area contributed by atoms with Crippen LogP contribution in [0.4, 0.5) is 17.7 Å². The van der Waals surface area contributed by atoms with E-state index >= 15 is 0 Å². The number of nitrogens with one attached hydrogen (secondary N) is 1. The molecular weight excluding hydrogens is 166 g/mol. The molecule has 0 aliphatic heterocycles. The lowest BCUT2D eigenvalue weighted by atomic mass is 10.0. The lowest BCUT2D eigenvalue weighted by molar-refractivity contribution is -0.183. The Morgan fingerprint density at radius 3 is 2.00 bits per heavy atom. The minimum atomic E-state index is -4.48. The largest absolute Gasteiger partial charge is 0.395 e. The Bertz CT molecular complexity index is 112. The summed E-state index contributed by atoms with van der Waals surface area (Å²) in [5, 5.41) is 8.26. The average Bonchev–Trinajstić information content (AvgIpc) is 1.88. The van der Waals surface area contributed by atoms with E-state index in [0.717, 1.165) is 12.5 Å². The van der Waals surface area contributed by atoms with Gasteiger partial charge in [0.1, 0.15) is 0 Å². The van der Waals surface area contributed by atoms with Crippen LogP contribution >= 0.6 is 0 Å². The van der Waals surface area contributed by atoms with Gasteiger partial charge in [-0.3, -0.25) is 0 Å². The number of rotatable bonds is 3. The van der Waals surface area contributed by atoms with Crippen molar-refractivity contribution in [2.45, 2.75) is 19.1 Å². The van der Waals surface area contributed by atoms with E-state index in [1.165, 1.54) is 0 Å². The molecule has 0 aromatic rings. The summed E-state index contributed by atoms with van der Waals surface area (Å²) >= 11 is 0. The highest BCUT2D eigenvalue weighted by molar-refractivity contribution is 4.74. The van der Waals surface area contributed by atoms with Crippen LogP contribution in [0.25, 0.3) is 0 Å². The molecule has 11 heavy (non-hydrogen) atoms. The molecule has 0 aromatic heterocycles. The third kappa shape index (κ3) is 3.02. The number of hydrogen-bond donors (Lipinski definition) is 2. The van der Waals surface area contributed by atoms with E-state index in [1.54, 1.807) is 0 Å². The van der Waals surface area contributed by atoms with E-state index in [4.69, 9.17) is 5.11 Å². The third-order valence-corrected chi connectivity index (χ3v) is 1.46. The molecule has 0 amide bonds. The van der Waals surface area contributed by atoms with Crippen LogP contribution < -0.4 is 5.54 Å². The molecule has 0 saturated heterocycles. The molecule has 0 heterocycles. The molecule has 6 heteroatoms. The predicted octanol–water partition coefficient (Wildman–Crippen LogP) is 1.02. The predicted molar refractivity (Wildman–Crippen MR) is 30.3 cm³/mol. The molecule has 2 atom stereocenters. The number of aliphatic hydroxyl groups excluding tert-OH is 1. The summed E-state index contributed by atoms with van der Waals surface area (Å²) in [6.45, 7) is -0.0787. The van der Waals surface area contributed by atoms with Gasteiger partial charge in [0.2, 0.25) is 0 Å². The fourth-order valence-electron chi connectivity index (χ4n) is 0.515. The van der Waals surface area contributed by atoms with Crippen LogP contribution in [0.2, 0.25) is 0 Å². The van der Waals surface area contributed by atoms with Crippen molar-refractivity contribution in [3.63, 3.8) is 0 Å². The van der Waals surface area contributed by atoms with E-state index in [1.807, 2.05) is 0 Å². The molecule has 0 aliphatic rings. The second kappa shape index (κ2) is 3.87. The zero-order valence-corrected chi connectivity index (χ0v) is 5.82. The molecule has 0 fully saturated rings. The van der Waals surface area contributed by atoms with Crippen molar-refractivity contribution in [2.24, 2.45) is 5.92 Å². The molecule has 0 aliphatic carbocycles. The Balaban J connectivity index is 4.09. The van der Waals surface area contributed by atoms with Crippen LogP contribution in [0.5, 0.6) is 0 Å². The van der Waals surface area contributed by atoms with Gasteiger partial charge < -0.3 is 5.11 Å². The first-order valence-corrected chi connectivity index (χ1v) is 2.97. The number of alkyl halides is 3. The number of halogens is 4. The minimum Gasteiger partial charge on any atom is -0.395 e. The summed E-state index contributed by atoms with van der Waals surface area (Å²) in [4.78, 5) is 0. The van der Waals surface area contributed by atoms with Crippen LogP contribution in [0.3, 0.4) is 0 Å². The van der Waals surface area contributed by atoms with E-state index in [0.29, 0.717) is 0 Å². The first kappa shape index (κ1) is 10.6. The molecule has 0 aromatic carbocycles. The van der Waals surface area contributed by atoms with Crippen molar-refractivity contribution >= 4 is 0 Å². The van der Waals surface area contributed by atoms with Gasteiger partial charge in [0.15, 0.2) is 0 Å². The lowest BCUT2D eigenvalue weighted by Crippen LogP contribution is -2.41. The van der Waals surface area contributed by atoms with Crippen molar-refractivity contribution in [1.82, 2.24) is 5.54 Å². The standard InChI is InChI=1S/C5H9F4NO/c1-3(5(6,7)8)4(2-11)10-9/h3-4,10-11H,2H2,1H3. The summed E-state index contributed by atoms with van der Waals surface area (Å²) in [6, 6.07) is -1.57. The highest BCUT2D eigenvalue weighted by atomic mass is 19.4. The fourth-order valence-corrected chi connectivity index (χ4v) is 0.515. The van der Waals surface area contributed by atoms with Gasteiger partial charge >= 0.3 is 6.18 Å². The van der Waals surface area contributed by atoms with Crippen molar-refractivity contribution in [3.05, 3.63) is 0 Å². The van der Waals surface area contributed by atoms with Crippen molar-refractivity contribution < 1.29 is 22.8 Å². The zero-order chi connectivity index (χ0) is 9.07. The van der Waals surface area contributed by atoms with Crippen molar-refractivity contribution in [2.75, 3.05) is 6.61 Å². The van der Waals surface area contributed by atoms with Crippen LogP contribution in [0, 0.1) is 5.92 Å². The first-order chi connectivity index (χ1) is 4.93. The number of hydrogen-bond acceptors (Lipinski definition) is 2. The summed E-state index contributed by atoms with van der Waals surface area (Å²) in [6.07, 6.45) is -4.48. The maximum absolute atomic E-state index is 11.8. The van der Waals surface area contributed by atoms with Crippen LogP contribution in [-0.2, 0) is 0 Å². The highest BCUT2D eigenvalue weighted by Gasteiger charge is 2.41. The molecule has 68 valence electrons. The summed E-state index contributed by atoms with van der Waals surface area (Å²) in [7, 11) is 0. The second-order valence-electron chi connectivity index (χ2n) is 2.23. The molecular formula is C5H9F4NO. The highest BCUT2D eigenvalue weighted by Crippen LogP contribution is 2.28.